The summed E-state index contributed by atoms with van der Waals surface area (Å²) in [6.07, 6.45) is -0.360. The van der Waals surface area contributed by atoms with Crippen molar-refractivity contribution in [2.24, 2.45) is 9.98 Å². The Balaban J connectivity index is 1.14. The van der Waals surface area contributed by atoms with Crippen LogP contribution in [-0.4, -0.2) is 11.7 Å². The van der Waals surface area contributed by atoms with Crippen molar-refractivity contribution in [3.8, 4) is 22.3 Å². The molecule has 0 radical (unpaired) electrons. The zero-order chi connectivity index (χ0) is 35.6. The van der Waals surface area contributed by atoms with Crippen molar-refractivity contribution in [2.45, 2.75) is 6.17 Å². The lowest BCUT2D eigenvalue weighted by atomic mass is 9.94. The lowest BCUT2D eigenvalue weighted by Gasteiger charge is -2.24. The van der Waals surface area contributed by atoms with Gasteiger partial charge in [0, 0.05) is 53.2 Å². The summed E-state index contributed by atoms with van der Waals surface area (Å²) in [7, 11) is 0. The molecule has 10 aromatic rings. The highest BCUT2D eigenvalue weighted by atomic mass is 32.1. The predicted octanol–water partition coefficient (Wildman–Crippen LogP) is 12.9. The smallest absolute Gasteiger partial charge is 0.159 e. The fourth-order valence-corrected chi connectivity index (χ4v) is 9.17. The van der Waals surface area contributed by atoms with E-state index in [0.29, 0.717) is 5.84 Å². The van der Waals surface area contributed by atoms with Gasteiger partial charge in [-0.1, -0.05) is 140 Å². The van der Waals surface area contributed by atoms with Gasteiger partial charge < -0.3 is 9.73 Å². The molecule has 2 aromatic heterocycles. The van der Waals surface area contributed by atoms with Crippen LogP contribution in [0.5, 0.6) is 0 Å². The van der Waals surface area contributed by atoms with Crippen molar-refractivity contribution in [3.05, 3.63) is 193 Å². The van der Waals surface area contributed by atoms with Crippen molar-refractivity contribution >= 4 is 75.9 Å². The highest BCUT2D eigenvalue weighted by molar-refractivity contribution is 7.26. The lowest BCUT2D eigenvalue weighted by molar-refractivity contribution is 0.670. The molecule has 11 rings (SSSR count). The molecular weight excluding hydrogens is 679 g/mol. The van der Waals surface area contributed by atoms with Gasteiger partial charge in [-0.3, -0.25) is 0 Å². The van der Waals surface area contributed by atoms with Crippen LogP contribution in [-0.2, 0) is 0 Å². The van der Waals surface area contributed by atoms with Crippen LogP contribution in [0.25, 0.3) is 75.1 Å². The fourth-order valence-electron chi connectivity index (χ4n) is 7.93. The van der Waals surface area contributed by atoms with Gasteiger partial charge in [-0.25, -0.2) is 9.98 Å². The summed E-state index contributed by atoms with van der Waals surface area (Å²) in [5.41, 5.74) is 9.21. The molecule has 3 heterocycles. The number of hydrogen-bond acceptors (Lipinski definition) is 5. The van der Waals surface area contributed by atoms with E-state index in [-0.39, 0.29) is 6.17 Å². The average Bonchev–Trinajstić information content (AvgIpc) is 3.81. The summed E-state index contributed by atoms with van der Waals surface area (Å²) in [4.78, 5) is 10.6. The third kappa shape index (κ3) is 5.05. The number of benzene rings is 8. The van der Waals surface area contributed by atoms with Gasteiger partial charge >= 0.3 is 0 Å². The first-order chi connectivity index (χ1) is 26.7. The van der Waals surface area contributed by atoms with E-state index in [1.54, 1.807) is 0 Å². The summed E-state index contributed by atoms with van der Waals surface area (Å²) in [5.74, 6) is 1.45. The highest BCUT2D eigenvalue weighted by Crippen LogP contribution is 2.42. The quantitative estimate of drug-likeness (QED) is 0.193. The molecule has 1 aliphatic heterocycles. The van der Waals surface area contributed by atoms with Gasteiger partial charge in [0.1, 0.15) is 23.2 Å². The number of thiophene rings is 1. The highest BCUT2D eigenvalue weighted by Gasteiger charge is 2.27. The van der Waals surface area contributed by atoms with Crippen molar-refractivity contribution in [2.75, 3.05) is 0 Å². The number of furan rings is 1. The number of aliphatic imine (C=N–C) groups is 2. The first-order valence-corrected chi connectivity index (χ1v) is 19.0. The van der Waals surface area contributed by atoms with E-state index < -0.39 is 0 Å². The molecule has 0 bridgehead atoms. The van der Waals surface area contributed by atoms with Gasteiger partial charge in [-0.15, -0.1) is 11.3 Å². The van der Waals surface area contributed by atoms with E-state index in [1.807, 2.05) is 29.5 Å². The zero-order valence-electron chi connectivity index (χ0n) is 29.0. The molecule has 0 amide bonds. The standard InChI is InChI=1S/C49H31N3OS/c1-3-13-30(14-4-1)32-19-11-20-35(27-32)36-25-26-39(44-41-28-33-17-7-8-18-34(33)29-42(41)53-45(36)44)48-50-47(31-15-5-2-6-16-31)51-49(52-48)40-23-12-22-38-37-21-9-10-24-43(37)54-46(38)40/h1-29,49H,(H,50,51,52). The third-order valence-electron chi connectivity index (χ3n) is 10.5. The van der Waals surface area contributed by atoms with Crippen LogP contribution < -0.4 is 5.32 Å². The molecule has 4 nitrogen and oxygen atoms in total. The van der Waals surface area contributed by atoms with E-state index >= 15 is 0 Å². The van der Waals surface area contributed by atoms with E-state index in [2.05, 4.69) is 163 Å². The Labute approximate surface area is 315 Å². The van der Waals surface area contributed by atoms with Gasteiger partial charge in [-0.2, -0.15) is 0 Å². The monoisotopic (exact) mass is 709 g/mol. The van der Waals surface area contributed by atoms with Crippen LogP contribution in [0.1, 0.15) is 22.9 Å². The Kier molecular flexibility index (Phi) is 7.07. The molecule has 1 atom stereocenters. The summed E-state index contributed by atoms with van der Waals surface area (Å²) < 4.78 is 9.42. The van der Waals surface area contributed by atoms with E-state index in [4.69, 9.17) is 14.4 Å². The first-order valence-electron chi connectivity index (χ1n) is 18.2. The Morgan fingerprint density at radius 3 is 2.04 bits per heavy atom. The summed E-state index contributed by atoms with van der Waals surface area (Å²) in [6, 6.07) is 62.0. The fraction of sp³-hybridized carbons (Fsp3) is 0.0204. The molecule has 0 spiro atoms. The Morgan fingerprint density at radius 2 is 1.19 bits per heavy atom. The molecule has 1 N–H and O–H groups in total. The third-order valence-corrected chi connectivity index (χ3v) is 11.8. The first kappa shape index (κ1) is 30.8. The lowest BCUT2D eigenvalue weighted by Crippen LogP contribution is -2.33. The van der Waals surface area contributed by atoms with Crippen LogP contribution in [0.4, 0.5) is 0 Å². The van der Waals surface area contributed by atoms with Crippen LogP contribution in [0.3, 0.4) is 0 Å². The molecule has 54 heavy (non-hydrogen) atoms. The molecule has 254 valence electrons. The Hall–Kier alpha value is -6.82. The number of amidine groups is 2. The van der Waals surface area contributed by atoms with Crippen molar-refractivity contribution in [1.29, 1.82) is 0 Å². The zero-order valence-corrected chi connectivity index (χ0v) is 29.8. The van der Waals surface area contributed by atoms with Gasteiger partial charge in [0.2, 0.25) is 0 Å². The van der Waals surface area contributed by atoms with Crippen LogP contribution >= 0.6 is 11.3 Å². The predicted molar refractivity (Wildman–Crippen MR) is 227 cm³/mol. The molecule has 0 saturated heterocycles. The van der Waals surface area contributed by atoms with Gasteiger partial charge in [0.15, 0.2) is 5.84 Å². The second-order valence-electron chi connectivity index (χ2n) is 13.8. The van der Waals surface area contributed by atoms with E-state index in [0.717, 1.165) is 71.9 Å². The molecule has 5 heteroatoms. The van der Waals surface area contributed by atoms with Crippen molar-refractivity contribution < 1.29 is 4.42 Å². The minimum absolute atomic E-state index is 0.360. The second kappa shape index (κ2) is 12.4. The van der Waals surface area contributed by atoms with Crippen molar-refractivity contribution in [3.63, 3.8) is 0 Å². The maximum absolute atomic E-state index is 6.93. The SMILES string of the molecule is c1ccc(C2=NC(c3cccc4c3sc3ccccc34)NC(c3ccc(-c4cccc(-c5ccccc5)c4)c4oc5cc6ccccc6cc5c34)=N2)cc1. The normalized spacial score (nSPS) is 14.5. The minimum Gasteiger partial charge on any atom is -0.455 e. The molecular formula is C49H31N3OS. The average molecular weight is 710 g/mol. The minimum atomic E-state index is -0.360. The largest absolute Gasteiger partial charge is 0.455 e. The number of hydrogen-bond donors (Lipinski definition) is 1. The van der Waals surface area contributed by atoms with Crippen LogP contribution in [0.2, 0.25) is 0 Å². The summed E-state index contributed by atoms with van der Waals surface area (Å²) in [6.45, 7) is 0. The van der Waals surface area contributed by atoms with Gasteiger partial charge in [-0.05, 0) is 63.9 Å². The number of fused-ring (bicyclic) bond motifs is 7. The van der Waals surface area contributed by atoms with Crippen molar-refractivity contribution in [1.82, 2.24) is 5.32 Å². The molecule has 1 aliphatic rings. The van der Waals surface area contributed by atoms with Crippen LogP contribution in [0, 0.1) is 0 Å². The second-order valence-corrected chi connectivity index (χ2v) is 14.8. The van der Waals surface area contributed by atoms with Gasteiger partial charge in [0.25, 0.3) is 0 Å². The Bertz CT molecular complexity index is 3140. The molecule has 0 aliphatic carbocycles. The molecule has 1 unspecified atom stereocenters. The summed E-state index contributed by atoms with van der Waals surface area (Å²) in [5, 5.41) is 10.7. The van der Waals surface area contributed by atoms with E-state index in [9.17, 15) is 0 Å². The van der Waals surface area contributed by atoms with Gasteiger partial charge in [0.05, 0.1) is 0 Å². The Morgan fingerprint density at radius 1 is 0.519 bits per heavy atom. The van der Waals surface area contributed by atoms with E-state index in [1.165, 1.54) is 25.7 Å². The van der Waals surface area contributed by atoms with Crippen LogP contribution in [0.15, 0.2) is 190 Å². The number of nitrogens with zero attached hydrogens (tertiary/aromatic N) is 2. The molecule has 8 aromatic carbocycles. The molecule has 0 fully saturated rings. The molecule has 0 saturated carbocycles. The number of rotatable bonds is 5. The topological polar surface area (TPSA) is 49.9 Å². The number of nitrogens with one attached hydrogen (secondary N) is 1. The summed E-state index contributed by atoms with van der Waals surface area (Å²) >= 11 is 1.82. The maximum Gasteiger partial charge on any atom is 0.159 e. The maximum atomic E-state index is 6.93.